The van der Waals surface area contributed by atoms with Gasteiger partial charge in [0.1, 0.15) is 5.82 Å². The summed E-state index contributed by atoms with van der Waals surface area (Å²) in [6.07, 6.45) is -4.43. The topological polar surface area (TPSA) is 58.4 Å². The molecule has 0 saturated carbocycles. The molecule has 0 aliphatic carbocycles. The van der Waals surface area contributed by atoms with Gasteiger partial charge in [-0.2, -0.15) is 13.2 Å². The maximum Gasteiger partial charge on any atom is 0.416 e. The fourth-order valence-electron chi connectivity index (χ4n) is 2.52. The number of hydrogen-bond donors (Lipinski definition) is 2. The molecule has 8 heteroatoms. The molecule has 1 amide bonds. The number of carbonyl (C=O) groups is 1. The van der Waals surface area contributed by atoms with Crippen molar-refractivity contribution in [1.82, 2.24) is 10.2 Å². The van der Waals surface area contributed by atoms with Crippen LogP contribution in [-0.2, 0) is 6.18 Å². The number of nitrogens with two attached hydrogens (primary N) is 1. The summed E-state index contributed by atoms with van der Waals surface area (Å²) in [6, 6.07) is 8.36. The van der Waals surface area contributed by atoms with E-state index in [1.807, 2.05) is 11.9 Å². The van der Waals surface area contributed by atoms with Crippen LogP contribution in [0.5, 0.6) is 0 Å². The van der Waals surface area contributed by atoms with Crippen LogP contribution in [0.15, 0.2) is 42.5 Å². The van der Waals surface area contributed by atoms with Crippen LogP contribution in [0.25, 0.3) is 11.1 Å². The molecule has 0 fully saturated rings. The number of benzene rings is 2. The summed E-state index contributed by atoms with van der Waals surface area (Å²) < 4.78 is 52.0. The minimum atomic E-state index is -4.43. The first-order valence-electron chi connectivity index (χ1n) is 8.36. The van der Waals surface area contributed by atoms with Crippen molar-refractivity contribution >= 4 is 5.91 Å². The van der Waals surface area contributed by atoms with Crippen molar-refractivity contribution in [2.75, 3.05) is 33.2 Å². The number of likely N-dealkylation sites (N-methyl/N-ethyl adjacent to an activating group) is 1. The first kappa shape index (κ1) is 20.9. The zero-order chi connectivity index (χ0) is 20.0. The SMILES string of the molecule is CN(CCN)CCNC(=O)c1cc(-c2ccc(C(F)(F)F)cc2)ccc1F. The average Bonchev–Trinajstić information content (AvgIpc) is 2.61. The van der Waals surface area contributed by atoms with E-state index in [-0.39, 0.29) is 5.56 Å². The Kier molecular flexibility index (Phi) is 6.92. The van der Waals surface area contributed by atoms with E-state index in [0.717, 1.165) is 18.2 Å². The molecule has 27 heavy (non-hydrogen) atoms. The summed E-state index contributed by atoms with van der Waals surface area (Å²) in [5.74, 6) is -1.28. The number of rotatable bonds is 7. The molecule has 2 aromatic rings. The number of nitrogens with zero attached hydrogens (tertiary/aromatic N) is 1. The summed E-state index contributed by atoms with van der Waals surface area (Å²) in [5.41, 5.74) is 5.42. The molecule has 0 spiro atoms. The Morgan fingerprint density at radius 3 is 2.30 bits per heavy atom. The summed E-state index contributed by atoms with van der Waals surface area (Å²) in [7, 11) is 1.85. The predicted octanol–water partition coefficient (Wildman–Crippen LogP) is 3.13. The maximum absolute atomic E-state index is 14.0. The van der Waals surface area contributed by atoms with E-state index in [9.17, 15) is 22.4 Å². The van der Waals surface area contributed by atoms with E-state index in [1.165, 1.54) is 24.3 Å². The molecule has 2 aromatic carbocycles. The van der Waals surface area contributed by atoms with Crippen molar-refractivity contribution in [2.24, 2.45) is 5.73 Å². The van der Waals surface area contributed by atoms with Crippen LogP contribution in [0.1, 0.15) is 15.9 Å². The van der Waals surface area contributed by atoms with Gasteiger partial charge < -0.3 is 16.0 Å². The summed E-state index contributed by atoms with van der Waals surface area (Å²) in [4.78, 5) is 14.2. The van der Waals surface area contributed by atoms with Crippen LogP contribution in [0.3, 0.4) is 0 Å². The molecule has 0 aliphatic rings. The number of amides is 1. The third-order valence-corrected chi connectivity index (χ3v) is 4.05. The zero-order valence-electron chi connectivity index (χ0n) is 14.8. The molecule has 0 saturated heterocycles. The Morgan fingerprint density at radius 2 is 1.70 bits per heavy atom. The summed E-state index contributed by atoms with van der Waals surface area (Å²) >= 11 is 0. The van der Waals surface area contributed by atoms with Crippen LogP contribution in [-0.4, -0.2) is 44.0 Å². The van der Waals surface area contributed by atoms with Gasteiger partial charge >= 0.3 is 6.18 Å². The molecule has 3 N–H and O–H groups in total. The lowest BCUT2D eigenvalue weighted by molar-refractivity contribution is -0.137. The van der Waals surface area contributed by atoms with E-state index in [2.05, 4.69) is 5.32 Å². The lowest BCUT2D eigenvalue weighted by Gasteiger charge is -2.15. The lowest BCUT2D eigenvalue weighted by atomic mass is 10.0. The molecular weight excluding hydrogens is 362 g/mol. The largest absolute Gasteiger partial charge is 0.416 e. The van der Waals surface area contributed by atoms with E-state index >= 15 is 0 Å². The Labute approximate surface area is 155 Å². The predicted molar refractivity (Wildman–Crippen MR) is 95.7 cm³/mol. The second-order valence-electron chi connectivity index (χ2n) is 6.12. The highest BCUT2D eigenvalue weighted by Gasteiger charge is 2.30. The second-order valence-corrected chi connectivity index (χ2v) is 6.12. The molecule has 0 atom stereocenters. The molecule has 0 heterocycles. The highest BCUT2D eigenvalue weighted by Crippen LogP contribution is 2.31. The Morgan fingerprint density at radius 1 is 1.07 bits per heavy atom. The summed E-state index contributed by atoms with van der Waals surface area (Å²) in [5, 5.41) is 2.63. The van der Waals surface area contributed by atoms with Gasteiger partial charge in [0.05, 0.1) is 11.1 Å². The minimum absolute atomic E-state index is 0.158. The summed E-state index contributed by atoms with van der Waals surface area (Å²) in [6.45, 7) is 2.05. The normalized spacial score (nSPS) is 11.7. The molecule has 0 aliphatic heterocycles. The first-order valence-corrected chi connectivity index (χ1v) is 8.36. The Balaban J connectivity index is 2.12. The van der Waals surface area contributed by atoms with Gasteiger partial charge in [0, 0.05) is 26.2 Å². The standard InChI is InChI=1S/C19H21F4N3O/c1-26(10-8-24)11-9-25-18(27)16-12-14(4-7-17(16)20)13-2-5-15(6-3-13)19(21,22)23/h2-7,12H,8-11,24H2,1H3,(H,25,27). The number of carbonyl (C=O) groups excluding carboxylic acids is 1. The van der Waals surface area contributed by atoms with Crippen molar-refractivity contribution in [1.29, 1.82) is 0 Å². The Hall–Kier alpha value is -2.45. The van der Waals surface area contributed by atoms with E-state index in [4.69, 9.17) is 5.73 Å². The van der Waals surface area contributed by atoms with Crippen molar-refractivity contribution in [3.63, 3.8) is 0 Å². The highest BCUT2D eigenvalue weighted by molar-refractivity contribution is 5.95. The van der Waals surface area contributed by atoms with Crippen molar-refractivity contribution < 1.29 is 22.4 Å². The fourth-order valence-corrected chi connectivity index (χ4v) is 2.52. The third-order valence-electron chi connectivity index (χ3n) is 4.05. The van der Waals surface area contributed by atoms with Gasteiger partial charge in [0.2, 0.25) is 0 Å². The second kappa shape index (κ2) is 8.96. The van der Waals surface area contributed by atoms with Gasteiger partial charge in [-0.3, -0.25) is 4.79 Å². The third kappa shape index (κ3) is 5.77. The van der Waals surface area contributed by atoms with Gasteiger partial charge in [-0.15, -0.1) is 0 Å². The van der Waals surface area contributed by atoms with Gasteiger partial charge in [-0.05, 0) is 42.4 Å². The molecule has 4 nitrogen and oxygen atoms in total. The van der Waals surface area contributed by atoms with Gasteiger partial charge in [-0.1, -0.05) is 18.2 Å². The number of hydrogen-bond acceptors (Lipinski definition) is 3. The van der Waals surface area contributed by atoms with Crippen molar-refractivity contribution in [3.05, 3.63) is 59.4 Å². The van der Waals surface area contributed by atoms with Crippen LogP contribution < -0.4 is 11.1 Å². The molecule has 0 radical (unpaired) electrons. The van der Waals surface area contributed by atoms with Crippen LogP contribution in [0.2, 0.25) is 0 Å². The molecule has 0 bridgehead atoms. The Bertz CT molecular complexity index is 776. The van der Waals surface area contributed by atoms with Crippen molar-refractivity contribution in [2.45, 2.75) is 6.18 Å². The first-order chi connectivity index (χ1) is 12.7. The monoisotopic (exact) mass is 383 g/mol. The zero-order valence-corrected chi connectivity index (χ0v) is 14.8. The van der Waals surface area contributed by atoms with Gasteiger partial charge in [0.25, 0.3) is 5.91 Å². The van der Waals surface area contributed by atoms with Crippen molar-refractivity contribution in [3.8, 4) is 11.1 Å². The van der Waals surface area contributed by atoms with Crippen LogP contribution in [0, 0.1) is 5.82 Å². The molecule has 0 unspecified atom stereocenters. The average molecular weight is 383 g/mol. The highest BCUT2D eigenvalue weighted by atomic mass is 19.4. The quantitative estimate of drug-likeness (QED) is 0.723. The number of nitrogens with one attached hydrogen (secondary N) is 1. The number of halogens is 4. The van der Waals surface area contributed by atoms with Gasteiger partial charge in [0.15, 0.2) is 0 Å². The smallest absolute Gasteiger partial charge is 0.351 e. The maximum atomic E-state index is 14.0. The molecule has 0 aromatic heterocycles. The fraction of sp³-hybridized carbons (Fsp3) is 0.316. The number of alkyl halides is 3. The van der Waals surface area contributed by atoms with Crippen LogP contribution >= 0.6 is 0 Å². The minimum Gasteiger partial charge on any atom is -0.351 e. The molecule has 2 rings (SSSR count). The van der Waals surface area contributed by atoms with E-state index in [0.29, 0.717) is 37.3 Å². The van der Waals surface area contributed by atoms with E-state index in [1.54, 1.807) is 0 Å². The lowest BCUT2D eigenvalue weighted by Crippen LogP contribution is -2.35. The van der Waals surface area contributed by atoms with Gasteiger partial charge in [-0.25, -0.2) is 4.39 Å². The van der Waals surface area contributed by atoms with Crippen LogP contribution in [0.4, 0.5) is 17.6 Å². The van der Waals surface area contributed by atoms with E-state index < -0.39 is 23.5 Å². The molecule has 146 valence electrons. The molecular formula is C19H21F4N3O.